The van der Waals surface area contributed by atoms with Crippen molar-refractivity contribution in [1.82, 2.24) is 0 Å². The summed E-state index contributed by atoms with van der Waals surface area (Å²) in [7, 11) is 0. The highest BCUT2D eigenvalue weighted by atomic mass is 32.2. The largest absolute Gasteiger partial charge is 0.478 e. The van der Waals surface area contributed by atoms with Crippen LogP contribution in [0.15, 0.2) is 53.4 Å². The van der Waals surface area contributed by atoms with E-state index in [0.717, 1.165) is 27.8 Å². The van der Waals surface area contributed by atoms with Crippen molar-refractivity contribution in [3.63, 3.8) is 0 Å². The number of carboxylic acid groups (broad SMARTS) is 1. The Morgan fingerprint density at radius 2 is 1.95 bits per heavy atom. The zero-order valence-electron chi connectivity index (χ0n) is 11.9. The molecule has 108 valence electrons. The molecule has 0 aliphatic heterocycles. The number of benzene rings is 2. The molecule has 0 amide bonds. The molecule has 0 bridgehead atoms. The molecule has 0 unspecified atom stereocenters. The maximum absolute atomic E-state index is 10.7. The molecular formula is C17H16O3S. The van der Waals surface area contributed by atoms with Crippen molar-refractivity contribution in [2.45, 2.75) is 11.8 Å². The first-order chi connectivity index (χ1) is 10.1. The molecule has 21 heavy (non-hydrogen) atoms. The van der Waals surface area contributed by atoms with Gasteiger partial charge in [0, 0.05) is 16.5 Å². The van der Waals surface area contributed by atoms with Crippen LogP contribution in [0.3, 0.4) is 0 Å². The Bertz CT molecular complexity index is 677. The number of hydrogen-bond acceptors (Lipinski definition) is 3. The van der Waals surface area contributed by atoms with E-state index in [1.165, 1.54) is 0 Å². The second-order valence-electron chi connectivity index (χ2n) is 4.47. The third kappa shape index (κ3) is 4.13. The lowest BCUT2D eigenvalue weighted by Crippen LogP contribution is -1.91. The van der Waals surface area contributed by atoms with E-state index in [-0.39, 0.29) is 0 Å². The first kappa shape index (κ1) is 15.2. The van der Waals surface area contributed by atoms with E-state index >= 15 is 0 Å². The van der Waals surface area contributed by atoms with Crippen molar-refractivity contribution in [2.75, 3.05) is 6.26 Å². The molecule has 2 aromatic carbocycles. The average molecular weight is 300 g/mol. The van der Waals surface area contributed by atoms with Crippen LogP contribution in [0.2, 0.25) is 0 Å². The van der Waals surface area contributed by atoms with Crippen LogP contribution in [0.5, 0.6) is 11.5 Å². The Hall–Kier alpha value is -2.20. The number of rotatable bonds is 5. The fourth-order valence-electron chi connectivity index (χ4n) is 1.87. The summed E-state index contributed by atoms with van der Waals surface area (Å²) in [6.07, 6.45) is 4.65. The molecule has 0 heterocycles. The van der Waals surface area contributed by atoms with Crippen LogP contribution >= 0.6 is 11.8 Å². The average Bonchev–Trinajstić information content (AvgIpc) is 2.48. The van der Waals surface area contributed by atoms with Gasteiger partial charge in [0.05, 0.1) is 0 Å². The van der Waals surface area contributed by atoms with Crippen LogP contribution < -0.4 is 4.74 Å². The van der Waals surface area contributed by atoms with Gasteiger partial charge in [0.25, 0.3) is 0 Å². The zero-order valence-corrected chi connectivity index (χ0v) is 12.7. The molecule has 0 radical (unpaired) electrons. The predicted molar refractivity (Wildman–Crippen MR) is 86.1 cm³/mol. The summed E-state index contributed by atoms with van der Waals surface area (Å²) in [6, 6.07) is 13.5. The number of thioether (sulfide) groups is 1. The molecule has 0 aromatic heterocycles. The lowest BCUT2D eigenvalue weighted by atomic mass is 10.1. The quantitative estimate of drug-likeness (QED) is 0.647. The molecule has 0 spiro atoms. The summed E-state index contributed by atoms with van der Waals surface area (Å²) in [5.41, 5.74) is 1.79. The molecule has 0 fully saturated rings. The zero-order chi connectivity index (χ0) is 15.2. The minimum Gasteiger partial charge on any atom is -0.478 e. The second-order valence-corrected chi connectivity index (χ2v) is 5.31. The highest BCUT2D eigenvalue weighted by molar-refractivity contribution is 7.98. The predicted octanol–water partition coefficient (Wildman–Crippen LogP) is 4.61. The number of carboxylic acids is 1. The van der Waals surface area contributed by atoms with Crippen molar-refractivity contribution in [3.8, 4) is 11.5 Å². The third-order valence-electron chi connectivity index (χ3n) is 2.86. The highest BCUT2D eigenvalue weighted by Gasteiger charge is 2.07. The van der Waals surface area contributed by atoms with Gasteiger partial charge in [-0.2, -0.15) is 0 Å². The molecule has 2 rings (SSSR count). The Labute approximate surface area is 128 Å². The van der Waals surface area contributed by atoms with Crippen LogP contribution in [0, 0.1) is 6.92 Å². The van der Waals surface area contributed by atoms with Crippen LogP contribution in [-0.4, -0.2) is 17.3 Å². The van der Waals surface area contributed by atoms with Crippen molar-refractivity contribution in [2.24, 2.45) is 0 Å². The Morgan fingerprint density at radius 1 is 1.19 bits per heavy atom. The molecule has 0 atom stereocenters. The molecule has 0 saturated carbocycles. The molecule has 0 aliphatic carbocycles. The maximum atomic E-state index is 10.7. The van der Waals surface area contributed by atoms with E-state index in [4.69, 9.17) is 9.84 Å². The standard InChI is InChI=1S/C17H16O3S/c1-12-7-9-14(13(11-12)8-10-17(18)19)20-15-5-3-4-6-16(15)21-2/h3-11H,1-2H3,(H,18,19)/b10-8+. The van der Waals surface area contributed by atoms with Crippen molar-refractivity contribution in [3.05, 3.63) is 59.7 Å². The molecule has 2 aromatic rings. The third-order valence-corrected chi connectivity index (χ3v) is 3.64. The lowest BCUT2D eigenvalue weighted by Gasteiger charge is -2.12. The highest BCUT2D eigenvalue weighted by Crippen LogP contribution is 2.33. The number of aryl methyl sites for hydroxylation is 1. The summed E-state index contributed by atoms with van der Waals surface area (Å²) in [6.45, 7) is 1.96. The van der Waals surface area contributed by atoms with Crippen LogP contribution in [-0.2, 0) is 4.79 Å². The molecule has 4 heteroatoms. The van der Waals surface area contributed by atoms with Gasteiger partial charge in [0.2, 0.25) is 0 Å². The molecular weight excluding hydrogens is 284 g/mol. The van der Waals surface area contributed by atoms with Gasteiger partial charge in [0.1, 0.15) is 11.5 Å². The minimum atomic E-state index is -0.980. The molecule has 3 nitrogen and oxygen atoms in total. The summed E-state index contributed by atoms with van der Waals surface area (Å²) >= 11 is 1.60. The fraction of sp³-hybridized carbons (Fsp3) is 0.118. The summed E-state index contributed by atoms with van der Waals surface area (Å²) in [5.74, 6) is 0.422. The van der Waals surface area contributed by atoms with E-state index in [2.05, 4.69) is 0 Å². The van der Waals surface area contributed by atoms with Gasteiger partial charge in [-0.3, -0.25) is 0 Å². The first-order valence-corrected chi connectivity index (χ1v) is 7.65. The van der Waals surface area contributed by atoms with Gasteiger partial charge >= 0.3 is 5.97 Å². The molecule has 0 aliphatic rings. The summed E-state index contributed by atoms with van der Waals surface area (Å²) < 4.78 is 5.95. The lowest BCUT2D eigenvalue weighted by molar-refractivity contribution is -0.131. The number of hydrogen-bond donors (Lipinski definition) is 1. The summed E-state index contributed by atoms with van der Waals surface area (Å²) in [4.78, 5) is 11.7. The number of ether oxygens (including phenoxy) is 1. The second kappa shape index (κ2) is 6.99. The van der Waals surface area contributed by atoms with Crippen molar-refractivity contribution < 1.29 is 14.6 Å². The van der Waals surface area contributed by atoms with E-state index in [9.17, 15) is 4.79 Å². The van der Waals surface area contributed by atoms with Crippen LogP contribution in [0.25, 0.3) is 6.08 Å². The van der Waals surface area contributed by atoms with Crippen molar-refractivity contribution in [1.29, 1.82) is 0 Å². The monoisotopic (exact) mass is 300 g/mol. The Kier molecular flexibility index (Phi) is 5.06. The smallest absolute Gasteiger partial charge is 0.328 e. The van der Waals surface area contributed by atoms with Crippen LogP contribution in [0.1, 0.15) is 11.1 Å². The molecule has 1 N–H and O–H groups in total. The fourth-order valence-corrected chi connectivity index (χ4v) is 2.40. The van der Waals surface area contributed by atoms with E-state index in [1.54, 1.807) is 17.8 Å². The van der Waals surface area contributed by atoms with Gasteiger partial charge in [-0.05, 0) is 43.5 Å². The van der Waals surface area contributed by atoms with E-state index in [0.29, 0.717) is 5.75 Å². The van der Waals surface area contributed by atoms with Crippen LogP contribution in [0.4, 0.5) is 0 Å². The van der Waals surface area contributed by atoms with Gasteiger partial charge in [-0.25, -0.2) is 4.79 Å². The normalized spacial score (nSPS) is 10.8. The van der Waals surface area contributed by atoms with E-state index in [1.807, 2.05) is 55.6 Å². The van der Waals surface area contributed by atoms with Gasteiger partial charge in [-0.1, -0.05) is 23.8 Å². The number of carbonyl (C=O) groups is 1. The first-order valence-electron chi connectivity index (χ1n) is 6.42. The summed E-state index contributed by atoms with van der Waals surface area (Å²) in [5, 5.41) is 8.78. The van der Waals surface area contributed by atoms with Gasteiger partial charge < -0.3 is 9.84 Å². The van der Waals surface area contributed by atoms with Gasteiger partial charge in [-0.15, -0.1) is 11.8 Å². The Morgan fingerprint density at radius 3 is 2.67 bits per heavy atom. The number of para-hydroxylation sites is 1. The topological polar surface area (TPSA) is 46.5 Å². The van der Waals surface area contributed by atoms with Crippen molar-refractivity contribution >= 4 is 23.8 Å². The maximum Gasteiger partial charge on any atom is 0.328 e. The number of aliphatic carboxylic acids is 1. The minimum absolute atomic E-state index is 0.639. The SMILES string of the molecule is CSc1ccccc1Oc1ccc(C)cc1/C=C/C(=O)O. The van der Waals surface area contributed by atoms with E-state index < -0.39 is 5.97 Å². The molecule has 0 saturated heterocycles. The Balaban J connectivity index is 2.37. The van der Waals surface area contributed by atoms with Gasteiger partial charge in [0.15, 0.2) is 0 Å².